The molecule has 0 bridgehead atoms. The summed E-state index contributed by atoms with van der Waals surface area (Å²) in [6.45, 7) is 1.82. The fourth-order valence-corrected chi connectivity index (χ4v) is 3.48. The first-order valence-corrected chi connectivity index (χ1v) is 8.70. The Balaban J connectivity index is 1.38. The number of fused-ring (bicyclic) bond motifs is 2. The molecule has 4 rings (SSSR count). The zero-order chi connectivity index (χ0) is 16.4. The number of aryl methyl sites for hydroxylation is 1. The van der Waals surface area contributed by atoms with Gasteiger partial charge in [-0.25, -0.2) is 0 Å². The lowest BCUT2D eigenvalue weighted by Crippen LogP contribution is -2.37. The number of carbonyl (C=O) groups is 1. The lowest BCUT2D eigenvalue weighted by atomic mass is 9.96. The number of aromatic nitrogens is 3. The number of rotatable bonds is 3. The molecule has 0 radical (unpaired) electrons. The van der Waals surface area contributed by atoms with Crippen LogP contribution in [0.2, 0.25) is 0 Å². The molecule has 0 unspecified atom stereocenters. The largest absolute Gasteiger partial charge is 0.492 e. The average Bonchev–Trinajstić information content (AvgIpc) is 2.85. The number of hydrogen-bond acceptors (Lipinski definition) is 4. The lowest BCUT2D eigenvalue weighted by molar-refractivity contribution is -0.126. The summed E-state index contributed by atoms with van der Waals surface area (Å²) in [5.41, 5.74) is 1.10. The Hall–Kier alpha value is -2.37. The third-order valence-corrected chi connectivity index (χ3v) is 4.86. The van der Waals surface area contributed by atoms with Crippen molar-refractivity contribution in [1.82, 2.24) is 20.1 Å². The Morgan fingerprint density at radius 1 is 1.25 bits per heavy atom. The van der Waals surface area contributed by atoms with E-state index in [1.54, 1.807) is 0 Å². The molecule has 1 atom stereocenters. The van der Waals surface area contributed by atoms with Crippen LogP contribution < -0.4 is 10.1 Å². The smallest absolute Gasteiger partial charge is 0.227 e. The van der Waals surface area contributed by atoms with Crippen LogP contribution in [0.5, 0.6) is 5.75 Å². The van der Waals surface area contributed by atoms with E-state index in [2.05, 4.69) is 20.1 Å². The molecular weight excluding hydrogens is 304 g/mol. The highest BCUT2D eigenvalue weighted by molar-refractivity contribution is 5.79. The van der Waals surface area contributed by atoms with Crippen molar-refractivity contribution >= 4 is 5.91 Å². The first-order chi connectivity index (χ1) is 11.8. The van der Waals surface area contributed by atoms with Gasteiger partial charge in [0.1, 0.15) is 18.2 Å². The molecule has 6 heteroatoms. The van der Waals surface area contributed by atoms with Crippen LogP contribution in [0.4, 0.5) is 0 Å². The zero-order valence-electron chi connectivity index (χ0n) is 13.7. The van der Waals surface area contributed by atoms with Crippen molar-refractivity contribution in [3.63, 3.8) is 0 Å². The minimum absolute atomic E-state index is 0.0236. The first kappa shape index (κ1) is 15.2. The second kappa shape index (κ2) is 6.63. The second-order valence-electron chi connectivity index (χ2n) is 6.53. The summed E-state index contributed by atoms with van der Waals surface area (Å²) in [6.07, 6.45) is 5.25. The van der Waals surface area contributed by atoms with E-state index in [4.69, 9.17) is 4.74 Å². The molecule has 1 aromatic carbocycles. The number of para-hydroxylation sites is 1. The van der Waals surface area contributed by atoms with Gasteiger partial charge >= 0.3 is 0 Å². The molecule has 3 heterocycles. The number of nitrogens with zero attached hydrogens (tertiary/aromatic N) is 3. The molecule has 126 valence electrons. The van der Waals surface area contributed by atoms with Crippen molar-refractivity contribution in [1.29, 1.82) is 0 Å². The topological polar surface area (TPSA) is 69.0 Å². The Kier molecular flexibility index (Phi) is 4.19. The van der Waals surface area contributed by atoms with Gasteiger partial charge in [-0.05, 0) is 30.9 Å². The molecule has 2 aromatic rings. The third kappa shape index (κ3) is 3.00. The van der Waals surface area contributed by atoms with Crippen LogP contribution in [0, 0.1) is 5.92 Å². The van der Waals surface area contributed by atoms with Gasteiger partial charge in [-0.1, -0.05) is 24.6 Å². The highest BCUT2D eigenvalue weighted by atomic mass is 16.5. The van der Waals surface area contributed by atoms with Crippen molar-refractivity contribution in [3.05, 3.63) is 41.5 Å². The molecule has 0 saturated heterocycles. The van der Waals surface area contributed by atoms with E-state index in [9.17, 15) is 4.79 Å². The van der Waals surface area contributed by atoms with E-state index in [0.717, 1.165) is 48.8 Å². The summed E-state index contributed by atoms with van der Waals surface area (Å²) >= 11 is 0. The molecule has 6 nitrogen and oxygen atoms in total. The molecule has 0 spiro atoms. The van der Waals surface area contributed by atoms with Gasteiger partial charge in [-0.15, -0.1) is 10.2 Å². The minimum Gasteiger partial charge on any atom is -0.492 e. The van der Waals surface area contributed by atoms with Gasteiger partial charge in [0.05, 0.1) is 12.5 Å². The van der Waals surface area contributed by atoms with Crippen molar-refractivity contribution < 1.29 is 9.53 Å². The maximum atomic E-state index is 12.5. The van der Waals surface area contributed by atoms with Gasteiger partial charge in [-0.3, -0.25) is 4.79 Å². The Bertz CT molecular complexity index is 740. The molecule has 1 N–H and O–H groups in total. The molecule has 0 saturated carbocycles. The lowest BCUT2D eigenvalue weighted by Gasteiger charge is -2.24. The summed E-state index contributed by atoms with van der Waals surface area (Å²) in [4.78, 5) is 12.5. The van der Waals surface area contributed by atoms with E-state index in [-0.39, 0.29) is 11.8 Å². The molecule has 2 aliphatic heterocycles. The fourth-order valence-electron chi connectivity index (χ4n) is 3.48. The molecule has 0 aliphatic carbocycles. The summed E-state index contributed by atoms with van der Waals surface area (Å²) in [6, 6.07) is 7.91. The maximum absolute atomic E-state index is 12.5. The molecule has 0 fully saturated rings. The van der Waals surface area contributed by atoms with Crippen LogP contribution in [0.1, 0.15) is 36.5 Å². The van der Waals surface area contributed by atoms with Crippen molar-refractivity contribution in [2.45, 2.75) is 45.2 Å². The van der Waals surface area contributed by atoms with E-state index in [1.807, 2.05) is 24.3 Å². The van der Waals surface area contributed by atoms with Crippen LogP contribution in [0.15, 0.2) is 24.3 Å². The van der Waals surface area contributed by atoms with E-state index in [0.29, 0.717) is 13.2 Å². The molecule has 1 aromatic heterocycles. The van der Waals surface area contributed by atoms with Gasteiger partial charge in [-0.2, -0.15) is 0 Å². The van der Waals surface area contributed by atoms with Crippen LogP contribution in [-0.4, -0.2) is 27.3 Å². The zero-order valence-corrected chi connectivity index (χ0v) is 13.7. The number of ether oxygens (including phenoxy) is 1. The van der Waals surface area contributed by atoms with E-state index in [1.165, 1.54) is 12.8 Å². The number of amides is 1. The molecule has 24 heavy (non-hydrogen) atoms. The van der Waals surface area contributed by atoms with E-state index >= 15 is 0 Å². The highest BCUT2D eigenvalue weighted by Gasteiger charge is 2.26. The van der Waals surface area contributed by atoms with Crippen LogP contribution in [0.3, 0.4) is 0 Å². The van der Waals surface area contributed by atoms with Crippen LogP contribution >= 0.6 is 0 Å². The normalized spacial score (nSPS) is 19.6. The highest BCUT2D eigenvalue weighted by Crippen LogP contribution is 2.26. The second-order valence-corrected chi connectivity index (χ2v) is 6.53. The van der Waals surface area contributed by atoms with Gasteiger partial charge < -0.3 is 14.6 Å². The molecule has 2 aliphatic rings. The molecule has 1 amide bonds. The summed E-state index contributed by atoms with van der Waals surface area (Å²) in [5.74, 6) is 2.68. The van der Waals surface area contributed by atoms with Crippen molar-refractivity contribution in [3.8, 4) is 5.75 Å². The van der Waals surface area contributed by atoms with Crippen molar-refractivity contribution in [2.75, 3.05) is 6.61 Å². The quantitative estimate of drug-likeness (QED) is 0.935. The van der Waals surface area contributed by atoms with Crippen molar-refractivity contribution in [2.24, 2.45) is 5.92 Å². The first-order valence-electron chi connectivity index (χ1n) is 8.70. The van der Waals surface area contributed by atoms with Crippen LogP contribution in [-0.2, 0) is 30.7 Å². The third-order valence-electron chi connectivity index (χ3n) is 4.86. The predicted molar refractivity (Wildman–Crippen MR) is 88.6 cm³/mol. The van der Waals surface area contributed by atoms with E-state index < -0.39 is 0 Å². The number of benzene rings is 1. The standard InChI is InChI=1S/C18H22N4O2/c23-18(14-10-13-6-3-4-7-15(13)24-12-14)19-11-17-21-20-16-8-2-1-5-9-22(16)17/h3-4,6-7,14H,1-2,5,8-12H2,(H,19,23)/t14-/m0/s1. The number of carbonyl (C=O) groups excluding carboxylic acids is 1. The van der Waals surface area contributed by atoms with Gasteiger partial charge in [0.15, 0.2) is 5.82 Å². The summed E-state index contributed by atoms with van der Waals surface area (Å²) in [7, 11) is 0. The fraction of sp³-hybridized carbons (Fsp3) is 0.500. The SMILES string of the molecule is O=C(NCc1nnc2n1CCCCC2)[C@@H]1COc2ccccc2C1. The predicted octanol–water partition coefficient (Wildman–Crippen LogP) is 1.87. The minimum atomic E-state index is -0.147. The van der Waals surface area contributed by atoms with Gasteiger partial charge in [0.25, 0.3) is 0 Å². The average molecular weight is 326 g/mol. The number of hydrogen-bond donors (Lipinski definition) is 1. The Labute approximate surface area is 141 Å². The summed E-state index contributed by atoms with van der Waals surface area (Å²) in [5, 5.41) is 11.5. The Morgan fingerprint density at radius 2 is 2.17 bits per heavy atom. The molecular formula is C18H22N4O2. The van der Waals surface area contributed by atoms with Crippen LogP contribution in [0.25, 0.3) is 0 Å². The monoisotopic (exact) mass is 326 g/mol. The summed E-state index contributed by atoms with van der Waals surface area (Å²) < 4.78 is 7.87. The van der Waals surface area contributed by atoms with Gasteiger partial charge in [0.2, 0.25) is 5.91 Å². The maximum Gasteiger partial charge on any atom is 0.227 e. The Morgan fingerprint density at radius 3 is 3.12 bits per heavy atom. The van der Waals surface area contributed by atoms with Gasteiger partial charge in [0, 0.05) is 13.0 Å². The number of nitrogens with one attached hydrogen (secondary N) is 1.